The van der Waals surface area contributed by atoms with Crippen molar-refractivity contribution in [2.45, 2.75) is 81.8 Å². The van der Waals surface area contributed by atoms with Gasteiger partial charge in [0.25, 0.3) is 0 Å². The zero-order valence-corrected chi connectivity index (χ0v) is 22.5. The van der Waals surface area contributed by atoms with E-state index in [-0.39, 0.29) is 31.8 Å². The maximum atomic E-state index is 13.8. The zero-order valence-electron chi connectivity index (χ0n) is 22.5. The second kappa shape index (κ2) is 12.2. The van der Waals surface area contributed by atoms with E-state index < -0.39 is 30.1 Å². The van der Waals surface area contributed by atoms with Gasteiger partial charge in [-0.05, 0) is 55.4 Å². The monoisotopic (exact) mass is 544 g/mol. The average Bonchev–Trinajstić information content (AvgIpc) is 3.72. The first-order valence-corrected chi connectivity index (χ1v) is 14.1. The Morgan fingerprint density at radius 1 is 1.15 bits per heavy atom. The summed E-state index contributed by atoms with van der Waals surface area (Å²) in [5.74, 6) is 0.0387. The number of fused-ring (bicyclic) bond motifs is 3. The highest BCUT2D eigenvalue weighted by Gasteiger charge is 2.51. The smallest absolute Gasteiger partial charge is 0.247 e. The Morgan fingerprint density at radius 3 is 2.62 bits per heavy atom. The number of ether oxygens (including phenoxy) is 3. The van der Waals surface area contributed by atoms with Crippen LogP contribution in [-0.2, 0) is 20.9 Å². The maximum Gasteiger partial charge on any atom is 0.247 e. The van der Waals surface area contributed by atoms with Crippen LogP contribution in [0.1, 0.15) is 62.0 Å². The Hall–Kier alpha value is -2.66. The molecule has 2 amide bonds. The second-order valence-corrected chi connectivity index (χ2v) is 11.1. The minimum Gasteiger partial charge on any atom is -0.493 e. The Bertz CT molecular complexity index is 1080. The van der Waals surface area contributed by atoms with E-state index in [4.69, 9.17) is 14.2 Å². The molecule has 4 N–H and O–H groups in total. The molecule has 1 aromatic carbocycles. The fraction of sp³-hybridized carbons (Fsp3) is 0.655. The van der Waals surface area contributed by atoms with Gasteiger partial charge in [-0.15, -0.1) is 0 Å². The molecule has 0 unspecified atom stereocenters. The van der Waals surface area contributed by atoms with Gasteiger partial charge in [0.15, 0.2) is 11.5 Å². The Kier molecular flexibility index (Phi) is 8.76. The lowest BCUT2D eigenvalue weighted by Gasteiger charge is -2.41. The summed E-state index contributed by atoms with van der Waals surface area (Å²) in [7, 11) is 1.50. The Morgan fingerprint density at radius 2 is 1.95 bits per heavy atom. The van der Waals surface area contributed by atoms with Gasteiger partial charge in [-0.1, -0.05) is 12.8 Å². The van der Waals surface area contributed by atoms with Crippen LogP contribution in [0.4, 0.5) is 0 Å². The molecule has 0 radical (unpaired) electrons. The highest BCUT2D eigenvalue weighted by Crippen LogP contribution is 2.51. The molecule has 10 nitrogen and oxygen atoms in total. The van der Waals surface area contributed by atoms with Crippen LogP contribution in [0.3, 0.4) is 0 Å². The molecular weight excluding hydrogens is 504 g/mol. The maximum absolute atomic E-state index is 13.8. The molecule has 2 fully saturated rings. The molecule has 5 atom stereocenters. The summed E-state index contributed by atoms with van der Waals surface area (Å²) in [4.78, 5) is 28.9. The van der Waals surface area contributed by atoms with Crippen molar-refractivity contribution in [1.29, 1.82) is 0 Å². The van der Waals surface area contributed by atoms with Gasteiger partial charge in [0, 0.05) is 37.3 Å². The van der Waals surface area contributed by atoms with Crippen molar-refractivity contribution < 1.29 is 39.1 Å². The third kappa shape index (κ3) is 5.66. The molecule has 10 heteroatoms. The van der Waals surface area contributed by atoms with E-state index in [2.05, 4.69) is 5.32 Å². The molecule has 1 aromatic rings. The molecule has 0 aromatic heterocycles. The van der Waals surface area contributed by atoms with Gasteiger partial charge in [-0.2, -0.15) is 0 Å². The van der Waals surface area contributed by atoms with Gasteiger partial charge >= 0.3 is 0 Å². The lowest BCUT2D eigenvalue weighted by atomic mass is 9.77. The highest BCUT2D eigenvalue weighted by molar-refractivity contribution is 5.96. The minimum absolute atomic E-state index is 0.0538. The molecule has 2 aliphatic heterocycles. The first-order valence-electron chi connectivity index (χ1n) is 14.1. The summed E-state index contributed by atoms with van der Waals surface area (Å²) in [6.45, 7) is 0.586. The van der Waals surface area contributed by atoms with Crippen LogP contribution in [0, 0.1) is 5.92 Å². The lowest BCUT2D eigenvalue weighted by molar-refractivity contribution is -0.140. The number of amides is 2. The number of methoxy groups -OCH3 is 1. The predicted octanol–water partition coefficient (Wildman–Crippen LogP) is 1.40. The van der Waals surface area contributed by atoms with Gasteiger partial charge in [0.2, 0.25) is 11.8 Å². The number of hydrogen-bond acceptors (Lipinski definition) is 8. The fourth-order valence-corrected chi connectivity index (χ4v) is 6.60. The number of carbonyl (C=O) groups is 2. The molecule has 0 spiro atoms. The SMILES string of the molecule is COc1cc(CO)cc2c1O[C@@H]1[C@@H](O)[C@H](N(C[C@@H]3CCCO3)C(=O)CC3CCCC3)C=C(C(=O)NCCO)[C@H]21. The van der Waals surface area contributed by atoms with E-state index in [9.17, 15) is 24.9 Å². The number of nitrogens with zero attached hydrogens (tertiary/aromatic N) is 1. The van der Waals surface area contributed by atoms with Gasteiger partial charge < -0.3 is 39.7 Å². The molecule has 1 saturated heterocycles. The number of benzene rings is 1. The van der Waals surface area contributed by atoms with Gasteiger partial charge in [-0.3, -0.25) is 9.59 Å². The van der Waals surface area contributed by atoms with Crippen LogP contribution in [-0.4, -0.2) is 89.8 Å². The van der Waals surface area contributed by atoms with Crippen LogP contribution in [0.2, 0.25) is 0 Å². The summed E-state index contributed by atoms with van der Waals surface area (Å²) < 4.78 is 17.7. The lowest BCUT2D eigenvalue weighted by Crippen LogP contribution is -2.57. The first kappa shape index (κ1) is 27.9. The van der Waals surface area contributed by atoms with Crippen LogP contribution < -0.4 is 14.8 Å². The number of aliphatic hydroxyl groups excluding tert-OH is 3. The second-order valence-electron chi connectivity index (χ2n) is 11.1. The van der Waals surface area contributed by atoms with E-state index in [1.807, 2.05) is 0 Å². The third-order valence-corrected chi connectivity index (χ3v) is 8.54. The standard InChI is InChI=1S/C29H40N2O8/c1-37-23-12-18(16-33)11-20-25-21(29(36)30-8-9-32)14-22(26(35)28(25)39-27(20)23)31(15-19-7-4-10-38-19)24(34)13-17-5-2-3-6-17/h11-12,14,17,19,22,25-26,28,32-33,35H,2-10,13,15-16H2,1H3,(H,30,36)/t19-,22+,25-,26-,28-/m0/s1. The summed E-state index contributed by atoms with van der Waals surface area (Å²) in [6, 6.07) is 2.64. The van der Waals surface area contributed by atoms with E-state index in [1.165, 1.54) is 7.11 Å². The highest BCUT2D eigenvalue weighted by atomic mass is 16.5. The quantitative estimate of drug-likeness (QED) is 0.347. The molecule has 39 heavy (non-hydrogen) atoms. The van der Waals surface area contributed by atoms with Crippen LogP contribution >= 0.6 is 0 Å². The van der Waals surface area contributed by atoms with E-state index in [0.29, 0.717) is 53.7 Å². The van der Waals surface area contributed by atoms with Crippen molar-refractivity contribution in [3.8, 4) is 11.5 Å². The fourth-order valence-electron chi connectivity index (χ4n) is 6.60. The van der Waals surface area contributed by atoms with E-state index in [0.717, 1.165) is 38.5 Å². The summed E-state index contributed by atoms with van der Waals surface area (Å²) in [5, 5.41) is 33.7. The van der Waals surface area contributed by atoms with Gasteiger partial charge in [0.05, 0.1) is 38.4 Å². The van der Waals surface area contributed by atoms with Crippen LogP contribution in [0.25, 0.3) is 0 Å². The third-order valence-electron chi connectivity index (χ3n) is 8.54. The number of hydrogen-bond donors (Lipinski definition) is 4. The molecule has 4 aliphatic rings. The Balaban J connectivity index is 1.53. The van der Waals surface area contributed by atoms with Crippen molar-refractivity contribution in [3.05, 3.63) is 34.9 Å². The summed E-state index contributed by atoms with van der Waals surface area (Å²) >= 11 is 0. The van der Waals surface area contributed by atoms with E-state index in [1.54, 1.807) is 23.1 Å². The molecule has 1 saturated carbocycles. The van der Waals surface area contributed by atoms with Crippen molar-refractivity contribution in [2.24, 2.45) is 5.92 Å². The van der Waals surface area contributed by atoms with E-state index >= 15 is 0 Å². The molecule has 214 valence electrons. The Labute approximate surface area is 228 Å². The average molecular weight is 545 g/mol. The van der Waals surface area contributed by atoms with Gasteiger partial charge in [-0.25, -0.2) is 0 Å². The molecule has 2 aliphatic carbocycles. The van der Waals surface area contributed by atoms with Crippen molar-refractivity contribution in [3.63, 3.8) is 0 Å². The minimum atomic E-state index is -1.12. The van der Waals surface area contributed by atoms with Crippen molar-refractivity contribution in [1.82, 2.24) is 10.2 Å². The van der Waals surface area contributed by atoms with Gasteiger partial charge in [0.1, 0.15) is 12.2 Å². The first-order chi connectivity index (χ1) is 18.9. The topological polar surface area (TPSA) is 138 Å². The van der Waals surface area contributed by atoms with Crippen molar-refractivity contribution >= 4 is 11.8 Å². The summed E-state index contributed by atoms with van der Waals surface area (Å²) in [5.41, 5.74) is 1.58. The predicted molar refractivity (Wildman–Crippen MR) is 141 cm³/mol. The number of rotatable bonds is 10. The van der Waals surface area contributed by atoms with Crippen LogP contribution in [0.15, 0.2) is 23.8 Å². The molecule has 2 heterocycles. The van der Waals surface area contributed by atoms with Crippen molar-refractivity contribution in [2.75, 3.05) is 33.4 Å². The van der Waals surface area contributed by atoms with Crippen LogP contribution in [0.5, 0.6) is 11.5 Å². The summed E-state index contributed by atoms with van der Waals surface area (Å²) in [6.07, 6.45) is 6.04. The molecule has 5 rings (SSSR count). The number of carbonyl (C=O) groups excluding carboxylic acids is 2. The number of nitrogens with one attached hydrogen (secondary N) is 1. The normalized spacial score (nSPS) is 27.9. The zero-order chi connectivity index (χ0) is 27.5. The largest absolute Gasteiger partial charge is 0.493 e. The molecule has 0 bridgehead atoms. The molecular formula is C29H40N2O8. The number of aliphatic hydroxyl groups is 3.